The molecule has 0 unspecified atom stereocenters. The molecule has 3 aliphatic rings. The molecule has 2 aliphatic heterocycles. The molecule has 54 heavy (non-hydrogen) atoms. The lowest BCUT2D eigenvalue weighted by molar-refractivity contribution is 0.173. The third kappa shape index (κ3) is 6.26. The smallest absolute Gasteiger partial charge is 0.259 e. The van der Waals surface area contributed by atoms with Crippen LogP contribution >= 0.6 is 23.2 Å². The van der Waals surface area contributed by atoms with Gasteiger partial charge < -0.3 is 39.9 Å². The number of halogens is 2. The highest BCUT2D eigenvalue weighted by atomic mass is 35.5. The SMILES string of the molecule is CCOc1nccnc1-n1nc(CC)c(-c2cc(Cl)c3c(c2)OCO3)c1N.COc1nccnc1-n1nc(C2CC2)c(-c2cc(Cl)c3c(c2)OCO3)c1N. The Balaban J connectivity index is 0.000000153. The summed E-state index contributed by atoms with van der Waals surface area (Å²) >= 11 is 12.7. The molecular formula is C36H34Cl2N10O6. The molecule has 16 nitrogen and oxygen atoms in total. The van der Waals surface area contributed by atoms with Gasteiger partial charge in [0.15, 0.2) is 23.0 Å². The van der Waals surface area contributed by atoms with Crippen molar-refractivity contribution in [1.29, 1.82) is 0 Å². The Labute approximate surface area is 318 Å². The summed E-state index contributed by atoms with van der Waals surface area (Å²) in [4.78, 5) is 17.1. The Kier molecular flexibility index (Phi) is 9.37. The molecule has 2 aromatic carbocycles. The molecule has 278 valence electrons. The van der Waals surface area contributed by atoms with Gasteiger partial charge in [0.1, 0.15) is 11.6 Å². The lowest BCUT2D eigenvalue weighted by Gasteiger charge is -2.09. The Bertz CT molecular complexity index is 2380. The second-order valence-corrected chi connectivity index (χ2v) is 13.0. The fourth-order valence-corrected chi connectivity index (χ4v) is 6.81. The van der Waals surface area contributed by atoms with E-state index in [9.17, 15) is 0 Å². The van der Waals surface area contributed by atoms with Gasteiger partial charge in [0.2, 0.25) is 25.2 Å². The highest BCUT2D eigenvalue weighted by molar-refractivity contribution is 6.33. The van der Waals surface area contributed by atoms with Crippen molar-refractivity contribution in [1.82, 2.24) is 39.5 Å². The number of hydrogen-bond acceptors (Lipinski definition) is 14. The minimum atomic E-state index is 0.144. The third-order valence-corrected chi connectivity index (χ3v) is 9.40. The van der Waals surface area contributed by atoms with Gasteiger partial charge in [-0.25, -0.2) is 19.9 Å². The molecule has 4 aromatic heterocycles. The van der Waals surface area contributed by atoms with Crippen LogP contribution in [0.25, 0.3) is 33.9 Å². The van der Waals surface area contributed by atoms with Crippen LogP contribution in [0.2, 0.25) is 10.0 Å². The normalized spacial score (nSPS) is 13.8. The largest absolute Gasteiger partial charge is 0.478 e. The van der Waals surface area contributed by atoms with E-state index in [-0.39, 0.29) is 13.6 Å². The predicted octanol–water partition coefficient (Wildman–Crippen LogP) is 6.43. The third-order valence-electron chi connectivity index (χ3n) is 8.84. The molecule has 0 saturated heterocycles. The van der Waals surface area contributed by atoms with Crippen LogP contribution in [0, 0.1) is 0 Å². The molecule has 9 rings (SSSR count). The molecule has 6 aromatic rings. The number of fused-ring (bicyclic) bond motifs is 2. The van der Waals surface area contributed by atoms with Gasteiger partial charge in [-0.2, -0.15) is 19.6 Å². The number of methoxy groups -OCH3 is 1. The molecule has 0 atom stereocenters. The molecule has 6 heterocycles. The van der Waals surface area contributed by atoms with E-state index >= 15 is 0 Å². The molecular weight excluding hydrogens is 739 g/mol. The lowest BCUT2D eigenvalue weighted by Crippen LogP contribution is -2.08. The van der Waals surface area contributed by atoms with Crippen LogP contribution in [0.15, 0.2) is 49.1 Å². The average molecular weight is 774 g/mol. The summed E-state index contributed by atoms with van der Waals surface area (Å²) in [5, 5.41) is 10.3. The molecule has 18 heteroatoms. The van der Waals surface area contributed by atoms with E-state index in [4.69, 9.17) is 68.2 Å². The van der Waals surface area contributed by atoms with Crippen LogP contribution in [0.5, 0.6) is 34.8 Å². The Morgan fingerprint density at radius 2 is 1.26 bits per heavy atom. The summed E-state index contributed by atoms with van der Waals surface area (Å²) < 4.78 is 35.8. The summed E-state index contributed by atoms with van der Waals surface area (Å²) in [5.74, 6) is 5.10. The zero-order valence-electron chi connectivity index (χ0n) is 29.4. The lowest BCUT2D eigenvalue weighted by atomic mass is 10.0. The van der Waals surface area contributed by atoms with Gasteiger partial charge in [-0.3, -0.25) is 0 Å². The van der Waals surface area contributed by atoms with Gasteiger partial charge >= 0.3 is 0 Å². The van der Waals surface area contributed by atoms with E-state index < -0.39 is 0 Å². The van der Waals surface area contributed by atoms with Crippen molar-refractivity contribution in [3.63, 3.8) is 0 Å². The second kappa shape index (κ2) is 14.4. The maximum atomic E-state index is 6.51. The first-order valence-electron chi connectivity index (χ1n) is 17.0. The van der Waals surface area contributed by atoms with Crippen LogP contribution in [-0.2, 0) is 6.42 Å². The zero-order valence-corrected chi connectivity index (χ0v) is 30.9. The standard InChI is InChI=1S/C18H16ClN5O3.C18H18ClN5O3/c1-25-18-17(21-4-5-22-18)24-16(20)13(14(23-24)9-2-3-9)10-6-11(19)15-12(7-10)26-8-27-15;1-3-12-14(10-7-11(19)15-13(8-10)26-9-27-15)16(20)24(23-12)17-18(25-4-2)22-6-5-21-17/h4-7,9H,2-3,8,20H2,1H3;5-8H,3-4,9,20H2,1-2H3. The number of ether oxygens (including phenoxy) is 6. The number of nitrogens with two attached hydrogens (primary N) is 2. The first kappa shape index (κ1) is 35.1. The number of aryl methyl sites for hydroxylation is 1. The van der Waals surface area contributed by atoms with Crippen molar-refractivity contribution >= 4 is 34.8 Å². The van der Waals surface area contributed by atoms with Gasteiger partial charge in [0.05, 0.1) is 35.1 Å². The maximum Gasteiger partial charge on any atom is 0.259 e. The van der Waals surface area contributed by atoms with Crippen molar-refractivity contribution in [2.75, 3.05) is 38.8 Å². The maximum absolute atomic E-state index is 6.51. The topological polar surface area (TPSA) is 195 Å². The highest BCUT2D eigenvalue weighted by Crippen LogP contribution is 2.50. The first-order valence-corrected chi connectivity index (χ1v) is 17.8. The van der Waals surface area contributed by atoms with Crippen molar-refractivity contribution in [2.24, 2.45) is 0 Å². The summed E-state index contributed by atoms with van der Waals surface area (Å²) in [6.45, 7) is 4.63. The molecule has 1 saturated carbocycles. The molecule has 0 spiro atoms. The molecule has 0 radical (unpaired) electrons. The average Bonchev–Trinajstić information content (AvgIpc) is 3.46. The first-order chi connectivity index (χ1) is 26.3. The predicted molar refractivity (Wildman–Crippen MR) is 199 cm³/mol. The van der Waals surface area contributed by atoms with E-state index in [0.717, 1.165) is 46.5 Å². The number of rotatable bonds is 9. The molecule has 0 bridgehead atoms. The summed E-state index contributed by atoms with van der Waals surface area (Å²) in [5.41, 5.74) is 17.9. The molecule has 1 aliphatic carbocycles. The van der Waals surface area contributed by atoms with Crippen LogP contribution < -0.4 is 39.9 Å². The Morgan fingerprint density at radius 3 is 1.83 bits per heavy atom. The molecule has 0 amide bonds. The quantitative estimate of drug-likeness (QED) is 0.163. The number of benzene rings is 2. The van der Waals surface area contributed by atoms with Crippen LogP contribution in [0.1, 0.15) is 44.0 Å². The number of nitrogen functional groups attached to an aromatic ring is 2. The summed E-state index contributed by atoms with van der Waals surface area (Å²) in [6.07, 6.45) is 9.08. The summed E-state index contributed by atoms with van der Waals surface area (Å²) in [7, 11) is 1.54. The van der Waals surface area contributed by atoms with Gasteiger partial charge in [-0.05, 0) is 61.6 Å². The zero-order chi connectivity index (χ0) is 37.5. The number of nitrogens with zero attached hydrogens (tertiary/aromatic N) is 8. The summed E-state index contributed by atoms with van der Waals surface area (Å²) in [6, 6.07) is 7.36. The van der Waals surface area contributed by atoms with Crippen molar-refractivity contribution in [3.05, 3.63) is 70.5 Å². The van der Waals surface area contributed by atoms with E-state index in [1.54, 1.807) is 40.2 Å². The fourth-order valence-electron chi connectivity index (χ4n) is 6.28. The van der Waals surface area contributed by atoms with Crippen molar-refractivity contribution in [3.8, 4) is 68.6 Å². The van der Waals surface area contributed by atoms with Crippen LogP contribution in [0.3, 0.4) is 0 Å². The van der Waals surface area contributed by atoms with Gasteiger partial charge in [0.25, 0.3) is 11.8 Å². The number of hydrogen-bond donors (Lipinski definition) is 2. The molecule has 1 fully saturated rings. The van der Waals surface area contributed by atoms with Crippen LogP contribution in [0.4, 0.5) is 11.6 Å². The monoisotopic (exact) mass is 772 g/mol. The van der Waals surface area contributed by atoms with E-state index in [1.165, 1.54) is 7.11 Å². The minimum absolute atomic E-state index is 0.144. The van der Waals surface area contributed by atoms with E-state index in [0.29, 0.717) is 87.0 Å². The fraction of sp³-hybridized carbons (Fsp3) is 0.278. The van der Waals surface area contributed by atoms with Gasteiger partial charge in [0, 0.05) is 41.8 Å². The highest BCUT2D eigenvalue weighted by Gasteiger charge is 2.34. The van der Waals surface area contributed by atoms with Gasteiger partial charge in [-0.15, -0.1) is 0 Å². The Hall–Kier alpha value is -6.00. The van der Waals surface area contributed by atoms with E-state index in [2.05, 4.69) is 25.0 Å². The molecule has 4 N–H and O–H groups in total. The Morgan fingerprint density at radius 1 is 0.722 bits per heavy atom. The van der Waals surface area contributed by atoms with Gasteiger partial charge in [-0.1, -0.05) is 30.1 Å². The number of anilines is 2. The minimum Gasteiger partial charge on any atom is -0.478 e. The second-order valence-electron chi connectivity index (χ2n) is 12.2. The number of aromatic nitrogens is 8. The van der Waals surface area contributed by atoms with Crippen molar-refractivity contribution in [2.45, 2.75) is 39.0 Å². The van der Waals surface area contributed by atoms with E-state index in [1.807, 2.05) is 32.0 Å². The van der Waals surface area contributed by atoms with Crippen LogP contribution in [-0.4, -0.2) is 66.8 Å². The van der Waals surface area contributed by atoms with Crippen molar-refractivity contribution < 1.29 is 28.4 Å².